The van der Waals surface area contributed by atoms with Crippen LogP contribution in [-0.2, 0) is 11.3 Å². The number of nitrogens with zero attached hydrogens (tertiary/aromatic N) is 2. The second kappa shape index (κ2) is 9.08. The van der Waals surface area contributed by atoms with Gasteiger partial charge in [0, 0.05) is 25.8 Å². The number of hydrogen-bond acceptors (Lipinski definition) is 5. The molecule has 0 aliphatic carbocycles. The van der Waals surface area contributed by atoms with Gasteiger partial charge < -0.3 is 24.2 Å². The Morgan fingerprint density at radius 2 is 2.08 bits per heavy atom. The van der Waals surface area contributed by atoms with Crippen LogP contribution in [0, 0.1) is 0 Å². The number of carbonyl (C=O) groups is 1. The summed E-state index contributed by atoms with van der Waals surface area (Å²) < 4.78 is 15.9. The zero-order valence-electron chi connectivity index (χ0n) is 15.1. The normalized spacial score (nSPS) is 10.8. The lowest BCUT2D eigenvalue weighted by Crippen LogP contribution is -2.43. The first kappa shape index (κ1) is 18.8. The van der Waals surface area contributed by atoms with Crippen LogP contribution in [0.5, 0.6) is 5.75 Å². The molecule has 0 saturated heterocycles. The van der Waals surface area contributed by atoms with Crippen LogP contribution >= 0.6 is 0 Å². The van der Waals surface area contributed by atoms with E-state index in [1.165, 1.54) is 0 Å². The molecule has 0 unspecified atom stereocenters. The van der Waals surface area contributed by atoms with Crippen LogP contribution in [0.25, 0.3) is 11.3 Å². The van der Waals surface area contributed by atoms with Gasteiger partial charge in [0.1, 0.15) is 11.4 Å². The van der Waals surface area contributed by atoms with E-state index in [4.69, 9.17) is 14.0 Å². The molecule has 1 heterocycles. The molecule has 2 aromatic rings. The van der Waals surface area contributed by atoms with E-state index in [1.54, 1.807) is 19.1 Å². The summed E-state index contributed by atoms with van der Waals surface area (Å²) in [5.41, 5.74) is 1.48. The zero-order chi connectivity index (χ0) is 18.2. The van der Waals surface area contributed by atoms with E-state index in [0.29, 0.717) is 36.9 Å². The third-order valence-corrected chi connectivity index (χ3v) is 3.55. The average molecular weight is 347 g/mol. The lowest BCUT2D eigenvalue weighted by Gasteiger charge is -2.23. The summed E-state index contributed by atoms with van der Waals surface area (Å²) in [7, 11) is 3.22. The van der Waals surface area contributed by atoms with Crippen molar-refractivity contribution in [3.05, 3.63) is 36.0 Å². The molecule has 0 fully saturated rings. The van der Waals surface area contributed by atoms with Crippen molar-refractivity contribution in [1.29, 1.82) is 0 Å². The Balaban J connectivity index is 2.14. The Morgan fingerprint density at radius 1 is 1.32 bits per heavy atom. The number of urea groups is 1. The largest absolute Gasteiger partial charge is 0.496 e. The van der Waals surface area contributed by atoms with Crippen molar-refractivity contribution >= 4 is 6.03 Å². The summed E-state index contributed by atoms with van der Waals surface area (Å²) >= 11 is 0. The fourth-order valence-electron chi connectivity index (χ4n) is 2.35. The van der Waals surface area contributed by atoms with Gasteiger partial charge >= 0.3 is 6.03 Å². The number of aromatic nitrogens is 1. The number of ether oxygens (including phenoxy) is 2. The Bertz CT molecular complexity index is 684. The molecule has 0 bridgehead atoms. The molecule has 0 aliphatic heterocycles. The highest BCUT2D eigenvalue weighted by atomic mass is 16.5. The van der Waals surface area contributed by atoms with Crippen LogP contribution in [0.1, 0.15) is 19.5 Å². The lowest BCUT2D eigenvalue weighted by molar-refractivity contribution is 0.144. The van der Waals surface area contributed by atoms with E-state index in [2.05, 4.69) is 10.5 Å². The Morgan fingerprint density at radius 3 is 2.76 bits per heavy atom. The molecule has 0 saturated carbocycles. The Kier molecular flexibility index (Phi) is 6.82. The quantitative estimate of drug-likeness (QED) is 0.794. The van der Waals surface area contributed by atoms with Gasteiger partial charge in [0.2, 0.25) is 0 Å². The van der Waals surface area contributed by atoms with Crippen molar-refractivity contribution in [1.82, 2.24) is 15.4 Å². The molecule has 136 valence electrons. The minimum absolute atomic E-state index is 0.0546. The number of para-hydroxylation sites is 1. The minimum Gasteiger partial charge on any atom is -0.496 e. The number of amides is 2. The van der Waals surface area contributed by atoms with E-state index in [-0.39, 0.29) is 12.1 Å². The molecule has 1 aromatic heterocycles. The van der Waals surface area contributed by atoms with Gasteiger partial charge in [0.25, 0.3) is 0 Å². The molecule has 1 N–H and O–H groups in total. The molecule has 2 amide bonds. The summed E-state index contributed by atoms with van der Waals surface area (Å²) in [4.78, 5) is 14.0. The Labute approximate surface area is 147 Å². The maximum Gasteiger partial charge on any atom is 0.318 e. The van der Waals surface area contributed by atoms with Crippen LogP contribution in [0.15, 0.2) is 34.9 Å². The molecule has 0 spiro atoms. The number of carbonyl (C=O) groups excluding carboxylic acids is 1. The number of rotatable bonds is 8. The fraction of sp³-hybridized carbons (Fsp3) is 0.444. The predicted octanol–water partition coefficient (Wildman–Crippen LogP) is 2.92. The first-order chi connectivity index (χ1) is 12.0. The van der Waals surface area contributed by atoms with E-state index >= 15 is 0 Å². The van der Waals surface area contributed by atoms with Crippen LogP contribution in [-0.4, -0.2) is 49.5 Å². The van der Waals surface area contributed by atoms with Gasteiger partial charge in [-0.25, -0.2) is 4.79 Å². The first-order valence-corrected chi connectivity index (χ1v) is 8.18. The van der Waals surface area contributed by atoms with Crippen LogP contribution in [0.3, 0.4) is 0 Å². The summed E-state index contributed by atoms with van der Waals surface area (Å²) in [6.45, 7) is 5.08. The van der Waals surface area contributed by atoms with E-state index in [0.717, 1.165) is 5.56 Å². The average Bonchev–Trinajstić information content (AvgIpc) is 3.06. The highest BCUT2D eigenvalue weighted by Crippen LogP contribution is 2.30. The third kappa shape index (κ3) is 5.22. The molecular weight excluding hydrogens is 322 g/mol. The van der Waals surface area contributed by atoms with Gasteiger partial charge in [-0.3, -0.25) is 0 Å². The molecule has 0 atom stereocenters. The van der Waals surface area contributed by atoms with Crippen molar-refractivity contribution in [2.75, 3.05) is 27.4 Å². The maximum absolute atomic E-state index is 12.3. The van der Waals surface area contributed by atoms with Crippen molar-refractivity contribution in [3.63, 3.8) is 0 Å². The molecule has 25 heavy (non-hydrogen) atoms. The SMILES string of the molecule is COCCN(Cc1cc(-c2ccccc2OC)on1)C(=O)NC(C)C. The van der Waals surface area contributed by atoms with Crippen molar-refractivity contribution in [2.24, 2.45) is 0 Å². The molecule has 7 heteroatoms. The van der Waals surface area contributed by atoms with Gasteiger partial charge in [-0.15, -0.1) is 0 Å². The standard InChI is InChI=1S/C18H25N3O4/c1-13(2)19-18(22)21(9-10-23-3)12-14-11-17(25-20-14)15-7-5-6-8-16(15)24-4/h5-8,11,13H,9-10,12H2,1-4H3,(H,19,22). The number of methoxy groups -OCH3 is 2. The topological polar surface area (TPSA) is 76.8 Å². The maximum atomic E-state index is 12.3. The monoisotopic (exact) mass is 347 g/mol. The summed E-state index contributed by atoms with van der Waals surface area (Å²) in [5.74, 6) is 1.31. The van der Waals surface area contributed by atoms with Crippen molar-refractivity contribution < 1.29 is 18.8 Å². The summed E-state index contributed by atoms with van der Waals surface area (Å²) in [5, 5.41) is 6.97. The van der Waals surface area contributed by atoms with Crippen LogP contribution in [0.2, 0.25) is 0 Å². The van der Waals surface area contributed by atoms with Crippen LogP contribution in [0.4, 0.5) is 4.79 Å². The first-order valence-electron chi connectivity index (χ1n) is 8.18. The van der Waals surface area contributed by atoms with E-state index < -0.39 is 0 Å². The van der Waals surface area contributed by atoms with Gasteiger partial charge in [0.05, 0.1) is 25.8 Å². The second-order valence-electron chi connectivity index (χ2n) is 5.90. The molecule has 1 aromatic carbocycles. The highest BCUT2D eigenvalue weighted by molar-refractivity contribution is 5.74. The Hall–Kier alpha value is -2.54. The third-order valence-electron chi connectivity index (χ3n) is 3.55. The van der Waals surface area contributed by atoms with Crippen molar-refractivity contribution in [2.45, 2.75) is 26.4 Å². The fourth-order valence-corrected chi connectivity index (χ4v) is 2.35. The molecular formula is C18H25N3O4. The predicted molar refractivity (Wildman–Crippen MR) is 94.4 cm³/mol. The minimum atomic E-state index is -0.158. The van der Waals surface area contributed by atoms with E-state index in [1.807, 2.05) is 44.2 Å². The van der Waals surface area contributed by atoms with Crippen molar-refractivity contribution in [3.8, 4) is 17.1 Å². The van der Waals surface area contributed by atoms with Gasteiger partial charge in [-0.05, 0) is 26.0 Å². The zero-order valence-corrected chi connectivity index (χ0v) is 15.1. The van der Waals surface area contributed by atoms with Gasteiger partial charge in [-0.2, -0.15) is 0 Å². The highest BCUT2D eigenvalue weighted by Gasteiger charge is 2.18. The van der Waals surface area contributed by atoms with E-state index in [9.17, 15) is 4.79 Å². The van der Waals surface area contributed by atoms with Gasteiger partial charge in [0.15, 0.2) is 5.76 Å². The molecule has 7 nitrogen and oxygen atoms in total. The molecule has 0 aliphatic rings. The summed E-state index contributed by atoms with van der Waals surface area (Å²) in [6, 6.07) is 9.27. The van der Waals surface area contributed by atoms with Crippen LogP contribution < -0.4 is 10.1 Å². The lowest BCUT2D eigenvalue weighted by atomic mass is 10.1. The van der Waals surface area contributed by atoms with Gasteiger partial charge in [-0.1, -0.05) is 17.3 Å². The smallest absolute Gasteiger partial charge is 0.318 e. The summed E-state index contributed by atoms with van der Waals surface area (Å²) in [6.07, 6.45) is 0. The second-order valence-corrected chi connectivity index (χ2v) is 5.90. The molecule has 0 radical (unpaired) electrons. The number of hydrogen-bond donors (Lipinski definition) is 1. The molecule has 2 rings (SSSR count). The number of benzene rings is 1. The number of nitrogens with one attached hydrogen (secondary N) is 1.